The smallest absolute Gasteiger partial charge is 0.0703 e. The molecule has 1 N–H and O–H groups in total. The normalized spacial score (nSPS) is 44.6. The average molecular weight is 236 g/mol. The number of fused-ring (bicyclic) bond motifs is 3. The Hall–Kier alpha value is -0.770. The highest BCUT2D eigenvalue weighted by Crippen LogP contribution is 2.50. The quantitative estimate of drug-likeness (QED) is 0.454. The van der Waals surface area contributed by atoms with Gasteiger partial charge in [0.05, 0.1) is 12.6 Å². The summed E-state index contributed by atoms with van der Waals surface area (Å²) in [6, 6.07) is 0.580. The van der Waals surface area contributed by atoms with E-state index >= 15 is 0 Å². The molecule has 0 radical (unpaired) electrons. The first kappa shape index (κ1) is 11.3. The molecule has 5 heteroatoms. The van der Waals surface area contributed by atoms with Crippen molar-refractivity contribution in [2.45, 2.75) is 44.2 Å². The highest BCUT2D eigenvalue weighted by atomic mass is 16.5. The Morgan fingerprint density at radius 2 is 2.35 bits per heavy atom. The van der Waals surface area contributed by atoms with Crippen molar-refractivity contribution in [3.05, 3.63) is 10.4 Å². The van der Waals surface area contributed by atoms with E-state index in [1.165, 1.54) is 25.7 Å². The molecule has 1 saturated carbocycles. The van der Waals surface area contributed by atoms with Crippen molar-refractivity contribution in [3.63, 3.8) is 0 Å². The Morgan fingerprint density at radius 1 is 1.41 bits per heavy atom. The molecular formula is C12H20N4O. The van der Waals surface area contributed by atoms with Gasteiger partial charge in [0.25, 0.3) is 0 Å². The van der Waals surface area contributed by atoms with Gasteiger partial charge in [-0.15, -0.1) is 0 Å². The minimum atomic E-state index is 0.134. The third-order valence-electron chi connectivity index (χ3n) is 5.06. The number of nitrogens with one attached hydrogen (secondary N) is 1. The van der Waals surface area contributed by atoms with E-state index in [9.17, 15) is 0 Å². The second kappa shape index (κ2) is 4.48. The fraction of sp³-hybridized carbons (Fsp3) is 1.00. The summed E-state index contributed by atoms with van der Waals surface area (Å²) in [5.41, 5.74) is 8.72. The molecule has 2 aliphatic heterocycles. The highest BCUT2D eigenvalue weighted by Gasteiger charge is 2.52. The predicted molar refractivity (Wildman–Crippen MR) is 64.6 cm³/mol. The number of ether oxygens (including phenoxy) is 1. The maximum absolute atomic E-state index is 8.48. The van der Waals surface area contributed by atoms with Crippen LogP contribution in [0.2, 0.25) is 0 Å². The van der Waals surface area contributed by atoms with Crippen molar-refractivity contribution >= 4 is 0 Å². The van der Waals surface area contributed by atoms with Crippen molar-refractivity contribution < 1.29 is 4.74 Å². The van der Waals surface area contributed by atoms with Crippen molar-refractivity contribution in [1.29, 1.82) is 0 Å². The molecule has 0 amide bonds. The van der Waals surface area contributed by atoms with Crippen LogP contribution in [0.1, 0.15) is 32.1 Å². The molecule has 2 heterocycles. The summed E-state index contributed by atoms with van der Waals surface area (Å²) in [6.45, 7) is 2.47. The van der Waals surface area contributed by atoms with Crippen molar-refractivity contribution in [2.75, 3.05) is 19.7 Å². The van der Waals surface area contributed by atoms with Crippen LogP contribution in [0.25, 0.3) is 10.4 Å². The maximum atomic E-state index is 8.48. The Balaban J connectivity index is 1.80. The average Bonchev–Trinajstić information content (AvgIpc) is 2.77. The van der Waals surface area contributed by atoms with Crippen molar-refractivity contribution in [3.8, 4) is 0 Å². The van der Waals surface area contributed by atoms with Crippen LogP contribution in [0.4, 0.5) is 0 Å². The van der Waals surface area contributed by atoms with Gasteiger partial charge in [0.1, 0.15) is 0 Å². The zero-order valence-electron chi connectivity index (χ0n) is 10.1. The molecule has 2 bridgehead atoms. The van der Waals surface area contributed by atoms with Gasteiger partial charge in [-0.1, -0.05) is 5.11 Å². The Morgan fingerprint density at radius 3 is 3.24 bits per heavy atom. The van der Waals surface area contributed by atoms with Crippen LogP contribution in [0.15, 0.2) is 5.11 Å². The van der Waals surface area contributed by atoms with Crippen LogP contribution in [0, 0.1) is 11.3 Å². The van der Waals surface area contributed by atoms with E-state index in [0.717, 1.165) is 25.5 Å². The summed E-state index contributed by atoms with van der Waals surface area (Å²) < 4.78 is 5.83. The van der Waals surface area contributed by atoms with Crippen LogP contribution < -0.4 is 5.32 Å². The summed E-state index contributed by atoms with van der Waals surface area (Å²) in [4.78, 5) is 2.88. The molecule has 4 unspecified atom stereocenters. The van der Waals surface area contributed by atoms with Gasteiger partial charge in [0.15, 0.2) is 0 Å². The molecule has 3 rings (SSSR count). The lowest BCUT2D eigenvalue weighted by Gasteiger charge is -2.50. The Labute approximate surface area is 102 Å². The maximum Gasteiger partial charge on any atom is 0.0703 e. The van der Waals surface area contributed by atoms with Gasteiger partial charge >= 0.3 is 0 Å². The zero-order chi connectivity index (χ0) is 11.7. The first-order chi connectivity index (χ1) is 8.35. The summed E-state index contributed by atoms with van der Waals surface area (Å²) in [6.07, 6.45) is 6.44. The lowest BCUT2D eigenvalue weighted by atomic mass is 9.61. The lowest BCUT2D eigenvalue weighted by molar-refractivity contribution is -0.0108. The fourth-order valence-electron chi connectivity index (χ4n) is 4.09. The predicted octanol–water partition coefficient (Wildman–Crippen LogP) is 2.23. The molecule has 3 fully saturated rings. The first-order valence-corrected chi connectivity index (χ1v) is 6.71. The van der Waals surface area contributed by atoms with Gasteiger partial charge in [-0.25, -0.2) is 0 Å². The van der Waals surface area contributed by atoms with Crippen LogP contribution in [0.3, 0.4) is 0 Å². The molecule has 5 nitrogen and oxygen atoms in total. The van der Waals surface area contributed by atoms with E-state index in [1.54, 1.807) is 0 Å². The van der Waals surface area contributed by atoms with Crippen molar-refractivity contribution in [2.24, 2.45) is 16.4 Å². The van der Waals surface area contributed by atoms with E-state index in [4.69, 9.17) is 10.3 Å². The standard InChI is InChI=1S/C12H20N4O/c13-16-15-8-11-12(4-6-17-11)3-1-9-2-5-14-10(12)7-9/h9-11,14H,1-8H2. The van der Waals surface area contributed by atoms with Gasteiger partial charge in [-0.2, -0.15) is 0 Å². The Kier molecular flexibility index (Phi) is 2.99. The number of piperidine rings is 1. The monoisotopic (exact) mass is 236 g/mol. The number of azide groups is 1. The van der Waals surface area contributed by atoms with Crippen LogP contribution >= 0.6 is 0 Å². The summed E-state index contributed by atoms with van der Waals surface area (Å²) >= 11 is 0. The van der Waals surface area contributed by atoms with Gasteiger partial charge in [0.2, 0.25) is 0 Å². The number of hydrogen-bond acceptors (Lipinski definition) is 3. The third-order valence-corrected chi connectivity index (χ3v) is 5.06. The van der Waals surface area contributed by atoms with Gasteiger partial charge in [-0.3, -0.25) is 0 Å². The summed E-state index contributed by atoms with van der Waals surface area (Å²) in [5.74, 6) is 0.910. The van der Waals surface area contributed by atoms with E-state index < -0.39 is 0 Å². The van der Waals surface area contributed by atoms with Gasteiger partial charge in [0, 0.05) is 23.0 Å². The molecule has 0 aromatic carbocycles. The van der Waals surface area contributed by atoms with Crippen LogP contribution in [-0.2, 0) is 4.74 Å². The summed E-state index contributed by atoms with van der Waals surface area (Å²) in [5, 5.41) is 7.41. The summed E-state index contributed by atoms with van der Waals surface area (Å²) in [7, 11) is 0. The lowest BCUT2D eigenvalue weighted by Crippen LogP contribution is -2.57. The van der Waals surface area contributed by atoms with Crippen LogP contribution in [0.5, 0.6) is 0 Å². The van der Waals surface area contributed by atoms with Gasteiger partial charge in [-0.05, 0) is 50.1 Å². The van der Waals surface area contributed by atoms with E-state index in [-0.39, 0.29) is 11.5 Å². The molecule has 94 valence electrons. The molecule has 1 spiro atoms. The second-order valence-electron chi connectivity index (χ2n) is 5.69. The van der Waals surface area contributed by atoms with Crippen molar-refractivity contribution in [1.82, 2.24) is 5.32 Å². The minimum absolute atomic E-state index is 0.134. The molecular weight excluding hydrogens is 216 g/mol. The van der Waals surface area contributed by atoms with E-state index in [1.807, 2.05) is 0 Å². The molecule has 0 aromatic rings. The molecule has 17 heavy (non-hydrogen) atoms. The third kappa shape index (κ3) is 1.82. The van der Waals surface area contributed by atoms with E-state index in [2.05, 4.69) is 15.3 Å². The molecule has 3 aliphatic rings. The second-order valence-corrected chi connectivity index (χ2v) is 5.69. The molecule has 2 saturated heterocycles. The Bertz CT molecular complexity index is 341. The molecule has 4 atom stereocenters. The topological polar surface area (TPSA) is 70.0 Å². The largest absolute Gasteiger partial charge is 0.377 e. The number of hydrogen-bond donors (Lipinski definition) is 1. The van der Waals surface area contributed by atoms with Gasteiger partial charge < -0.3 is 10.1 Å². The zero-order valence-corrected chi connectivity index (χ0v) is 10.1. The number of nitrogens with zero attached hydrogens (tertiary/aromatic N) is 3. The van der Waals surface area contributed by atoms with E-state index in [0.29, 0.717) is 12.6 Å². The minimum Gasteiger partial charge on any atom is -0.377 e. The number of rotatable bonds is 2. The first-order valence-electron chi connectivity index (χ1n) is 6.71. The SMILES string of the molecule is [N-]=[N+]=NCC1OCCC12CCC1CCNC2C1. The molecule has 0 aromatic heterocycles. The fourth-order valence-corrected chi connectivity index (χ4v) is 4.09. The highest BCUT2D eigenvalue weighted by molar-refractivity contribution is 5.05. The molecule has 1 aliphatic carbocycles. The van der Waals surface area contributed by atoms with Crippen LogP contribution in [-0.4, -0.2) is 31.8 Å².